The molecule has 1 heterocycles. The van der Waals surface area contributed by atoms with Gasteiger partial charge in [-0.05, 0) is 49.2 Å². The number of amides is 2. The van der Waals surface area contributed by atoms with Crippen LogP contribution < -0.4 is 16.2 Å². The molecule has 0 spiro atoms. The Labute approximate surface area is 155 Å². The molecular formula is C20H18N4O3. The minimum Gasteiger partial charge on any atom is -0.326 e. The first kappa shape index (κ1) is 17.0. The van der Waals surface area contributed by atoms with E-state index in [1.165, 1.54) is 10.9 Å². The summed E-state index contributed by atoms with van der Waals surface area (Å²) in [5.74, 6) is -0.155. The fourth-order valence-corrected chi connectivity index (χ4v) is 2.80. The lowest BCUT2D eigenvalue weighted by Gasteiger charge is -2.09. The number of para-hydroxylation sites is 1. The summed E-state index contributed by atoms with van der Waals surface area (Å²) in [5, 5.41) is 6.06. The summed E-state index contributed by atoms with van der Waals surface area (Å²) < 4.78 is 1.28. The molecule has 1 aromatic heterocycles. The van der Waals surface area contributed by atoms with Crippen LogP contribution in [0.2, 0.25) is 0 Å². The highest BCUT2D eigenvalue weighted by molar-refractivity contribution is 5.95. The highest BCUT2D eigenvalue weighted by Gasteiger charge is 2.29. The molecule has 2 N–H and O–H groups in total. The molecule has 2 amide bonds. The molecule has 27 heavy (non-hydrogen) atoms. The number of anilines is 2. The van der Waals surface area contributed by atoms with Gasteiger partial charge in [-0.3, -0.25) is 19.0 Å². The van der Waals surface area contributed by atoms with E-state index in [0.29, 0.717) is 22.3 Å². The zero-order valence-corrected chi connectivity index (χ0v) is 14.5. The number of carbonyl (C=O) groups is 2. The lowest BCUT2D eigenvalue weighted by atomic mass is 10.2. The highest BCUT2D eigenvalue weighted by atomic mass is 16.2. The van der Waals surface area contributed by atoms with E-state index in [4.69, 9.17) is 0 Å². The quantitative estimate of drug-likeness (QED) is 0.729. The molecule has 1 saturated carbocycles. The predicted molar refractivity (Wildman–Crippen MR) is 102 cm³/mol. The van der Waals surface area contributed by atoms with Gasteiger partial charge in [0.1, 0.15) is 6.54 Å². The van der Waals surface area contributed by atoms with Crippen molar-refractivity contribution in [2.24, 2.45) is 5.92 Å². The maximum atomic E-state index is 12.4. The van der Waals surface area contributed by atoms with Crippen molar-refractivity contribution in [2.45, 2.75) is 19.4 Å². The fourth-order valence-electron chi connectivity index (χ4n) is 2.80. The number of hydrogen-bond acceptors (Lipinski definition) is 4. The second-order valence-electron chi connectivity index (χ2n) is 6.58. The van der Waals surface area contributed by atoms with E-state index < -0.39 is 0 Å². The molecule has 136 valence electrons. The Hall–Kier alpha value is -3.48. The van der Waals surface area contributed by atoms with E-state index in [1.54, 1.807) is 42.5 Å². The van der Waals surface area contributed by atoms with Gasteiger partial charge in [-0.2, -0.15) is 0 Å². The van der Waals surface area contributed by atoms with E-state index in [9.17, 15) is 14.4 Å². The number of aromatic nitrogens is 2. The first-order valence-corrected chi connectivity index (χ1v) is 8.75. The second-order valence-corrected chi connectivity index (χ2v) is 6.58. The molecular weight excluding hydrogens is 344 g/mol. The van der Waals surface area contributed by atoms with E-state index in [0.717, 1.165) is 12.8 Å². The monoisotopic (exact) mass is 362 g/mol. The summed E-state index contributed by atoms with van der Waals surface area (Å²) in [6.07, 6.45) is 3.27. The number of hydrogen-bond donors (Lipinski definition) is 2. The third-order valence-electron chi connectivity index (χ3n) is 4.43. The largest absolute Gasteiger partial charge is 0.326 e. The Bertz CT molecular complexity index is 1070. The Morgan fingerprint density at radius 2 is 1.67 bits per heavy atom. The molecule has 2 aromatic carbocycles. The Balaban J connectivity index is 1.41. The van der Waals surface area contributed by atoms with Crippen molar-refractivity contribution < 1.29 is 9.59 Å². The van der Waals surface area contributed by atoms with Crippen molar-refractivity contribution in [1.82, 2.24) is 9.55 Å². The van der Waals surface area contributed by atoms with Crippen LogP contribution in [0.15, 0.2) is 59.7 Å². The minimum absolute atomic E-state index is 0.0370. The Morgan fingerprint density at radius 1 is 1.00 bits per heavy atom. The van der Waals surface area contributed by atoms with Gasteiger partial charge in [0.2, 0.25) is 11.8 Å². The fraction of sp³-hybridized carbons (Fsp3) is 0.200. The van der Waals surface area contributed by atoms with Gasteiger partial charge in [0.15, 0.2) is 0 Å². The Kier molecular flexibility index (Phi) is 4.42. The molecule has 0 atom stereocenters. The molecule has 0 aliphatic heterocycles. The van der Waals surface area contributed by atoms with Crippen LogP contribution in [0.4, 0.5) is 11.4 Å². The number of nitrogens with zero attached hydrogens (tertiary/aromatic N) is 2. The van der Waals surface area contributed by atoms with Crippen molar-refractivity contribution in [2.75, 3.05) is 10.6 Å². The third-order valence-corrected chi connectivity index (χ3v) is 4.43. The number of rotatable bonds is 5. The van der Waals surface area contributed by atoms with Crippen molar-refractivity contribution in [3.63, 3.8) is 0 Å². The minimum atomic E-state index is -0.330. The van der Waals surface area contributed by atoms with E-state index in [1.807, 2.05) is 6.07 Å². The summed E-state index contributed by atoms with van der Waals surface area (Å²) in [6.45, 7) is -0.128. The normalized spacial score (nSPS) is 13.3. The highest BCUT2D eigenvalue weighted by Crippen LogP contribution is 2.30. The van der Waals surface area contributed by atoms with Gasteiger partial charge >= 0.3 is 0 Å². The third kappa shape index (κ3) is 3.87. The molecule has 0 bridgehead atoms. The van der Waals surface area contributed by atoms with E-state index >= 15 is 0 Å². The molecule has 1 fully saturated rings. The molecule has 0 unspecified atom stereocenters. The molecule has 3 aromatic rings. The maximum absolute atomic E-state index is 12.4. The van der Waals surface area contributed by atoms with Crippen molar-refractivity contribution >= 4 is 34.1 Å². The topological polar surface area (TPSA) is 93.1 Å². The van der Waals surface area contributed by atoms with Crippen LogP contribution in [-0.4, -0.2) is 21.4 Å². The molecule has 1 aliphatic carbocycles. The van der Waals surface area contributed by atoms with Gasteiger partial charge in [0, 0.05) is 17.3 Å². The van der Waals surface area contributed by atoms with Gasteiger partial charge in [-0.15, -0.1) is 0 Å². The average Bonchev–Trinajstić information content (AvgIpc) is 3.51. The van der Waals surface area contributed by atoms with Crippen LogP contribution >= 0.6 is 0 Å². The lowest BCUT2D eigenvalue weighted by Crippen LogP contribution is -2.27. The molecule has 7 heteroatoms. The first-order valence-electron chi connectivity index (χ1n) is 8.75. The van der Waals surface area contributed by atoms with Crippen LogP contribution in [0.3, 0.4) is 0 Å². The zero-order chi connectivity index (χ0) is 18.8. The standard InChI is InChI=1S/C20H18N4O3/c25-18(11-24-12-21-17-4-2-1-3-16(17)20(24)27)22-14-7-9-15(10-8-14)23-19(26)13-5-6-13/h1-4,7-10,12-13H,5-6,11H2,(H,22,25)(H,23,26). The van der Waals surface area contributed by atoms with Gasteiger partial charge in [0.25, 0.3) is 5.56 Å². The number of fused-ring (bicyclic) bond motifs is 1. The average molecular weight is 362 g/mol. The van der Waals surface area contributed by atoms with Gasteiger partial charge in [-0.25, -0.2) is 4.98 Å². The van der Waals surface area contributed by atoms with E-state index in [-0.39, 0.29) is 29.8 Å². The van der Waals surface area contributed by atoms with Crippen molar-refractivity contribution in [1.29, 1.82) is 0 Å². The second kappa shape index (κ2) is 7.03. The smallest absolute Gasteiger partial charge is 0.261 e. The van der Waals surface area contributed by atoms with Gasteiger partial charge in [0.05, 0.1) is 17.2 Å². The van der Waals surface area contributed by atoms with Gasteiger partial charge < -0.3 is 10.6 Å². The van der Waals surface area contributed by atoms with Crippen LogP contribution in [0.25, 0.3) is 10.9 Å². The summed E-state index contributed by atoms with van der Waals surface area (Å²) in [7, 11) is 0. The number of nitrogens with one attached hydrogen (secondary N) is 2. The predicted octanol–water partition coefficient (Wildman–Crippen LogP) is 2.38. The zero-order valence-electron chi connectivity index (χ0n) is 14.5. The molecule has 4 rings (SSSR count). The summed E-state index contributed by atoms with van der Waals surface area (Å²) in [6, 6.07) is 13.9. The summed E-state index contributed by atoms with van der Waals surface area (Å²) in [5.41, 5.74) is 1.63. The molecule has 7 nitrogen and oxygen atoms in total. The van der Waals surface area contributed by atoms with Crippen LogP contribution in [-0.2, 0) is 16.1 Å². The number of benzene rings is 2. The van der Waals surface area contributed by atoms with Gasteiger partial charge in [-0.1, -0.05) is 12.1 Å². The summed E-state index contributed by atoms with van der Waals surface area (Å²) in [4.78, 5) is 40.6. The van der Waals surface area contributed by atoms with Crippen molar-refractivity contribution in [3.8, 4) is 0 Å². The van der Waals surface area contributed by atoms with E-state index in [2.05, 4.69) is 15.6 Å². The van der Waals surface area contributed by atoms with Crippen LogP contribution in [0, 0.1) is 5.92 Å². The molecule has 0 radical (unpaired) electrons. The molecule has 0 saturated heterocycles. The maximum Gasteiger partial charge on any atom is 0.261 e. The van der Waals surface area contributed by atoms with Crippen LogP contribution in [0.5, 0.6) is 0 Å². The SMILES string of the molecule is O=C(Cn1cnc2ccccc2c1=O)Nc1ccc(NC(=O)C2CC2)cc1. The molecule has 1 aliphatic rings. The van der Waals surface area contributed by atoms with Crippen LogP contribution in [0.1, 0.15) is 12.8 Å². The Morgan fingerprint density at radius 3 is 2.37 bits per heavy atom. The number of carbonyl (C=O) groups excluding carboxylic acids is 2. The van der Waals surface area contributed by atoms with Crippen molar-refractivity contribution in [3.05, 3.63) is 65.2 Å². The summed E-state index contributed by atoms with van der Waals surface area (Å²) >= 11 is 0. The first-order chi connectivity index (χ1) is 13.1. The lowest BCUT2D eigenvalue weighted by molar-refractivity contribution is -0.117.